The number of nitrogens with zero attached hydrogens (tertiary/aromatic N) is 1. The summed E-state index contributed by atoms with van der Waals surface area (Å²) in [5.41, 5.74) is 0.376. The minimum absolute atomic E-state index is 0.133. The van der Waals surface area contributed by atoms with Crippen LogP contribution in [0.2, 0.25) is 0 Å². The molecule has 5 nitrogen and oxygen atoms in total. The topological polar surface area (TPSA) is 72.2 Å². The lowest BCUT2D eigenvalue weighted by molar-refractivity contribution is 0.390. The van der Waals surface area contributed by atoms with E-state index in [4.69, 9.17) is 4.52 Å². The van der Waals surface area contributed by atoms with Crippen LogP contribution in [0.1, 0.15) is 16.3 Å². The van der Waals surface area contributed by atoms with Crippen molar-refractivity contribution < 1.29 is 12.9 Å². The highest BCUT2D eigenvalue weighted by Gasteiger charge is 2.23. The van der Waals surface area contributed by atoms with E-state index in [-0.39, 0.29) is 11.4 Å². The molecule has 0 unspecified atom stereocenters. The van der Waals surface area contributed by atoms with E-state index in [1.807, 2.05) is 17.5 Å². The first-order chi connectivity index (χ1) is 8.00. The fourth-order valence-electron chi connectivity index (χ4n) is 1.51. The molecule has 2 heterocycles. The fourth-order valence-corrected chi connectivity index (χ4v) is 3.58. The first-order valence-corrected chi connectivity index (χ1v) is 7.32. The smallest absolute Gasteiger partial charge is 0.246 e. The summed E-state index contributed by atoms with van der Waals surface area (Å²) in [7, 11) is -3.55. The summed E-state index contributed by atoms with van der Waals surface area (Å²) in [4.78, 5) is 1.09. The average molecular weight is 272 g/mol. The lowest BCUT2D eigenvalue weighted by Gasteiger charge is -2.04. The predicted molar refractivity (Wildman–Crippen MR) is 64.3 cm³/mol. The summed E-state index contributed by atoms with van der Waals surface area (Å²) in [6, 6.07) is 3.75. The highest BCUT2D eigenvalue weighted by Crippen LogP contribution is 2.19. The van der Waals surface area contributed by atoms with E-state index in [0.717, 1.165) is 4.88 Å². The molecule has 0 spiro atoms. The van der Waals surface area contributed by atoms with Crippen LogP contribution in [0.5, 0.6) is 0 Å². The minimum atomic E-state index is -3.55. The van der Waals surface area contributed by atoms with Gasteiger partial charge in [-0.1, -0.05) is 11.2 Å². The Morgan fingerprint density at radius 2 is 2.24 bits per heavy atom. The van der Waals surface area contributed by atoms with Gasteiger partial charge in [0.2, 0.25) is 10.0 Å². The number of hydrogen-bond acceptors (Lipinski definition) is 5. The van der Waals surface area contributed by atoms with Gasteiger partial charge < -0.3 is 4.52 Å². The highest BCUT2D eigenvalue weighted by molar-refractivity contribution is 7.89. The summed E-state index contributed by atoms with van der Waals surface area (Å²) in [6.07, 6.45) is 0. The zero-order valence-corrected chi connectivity index (χ0v) is 11.1. The van der Waals surface area contributed by atoms with Crippen molar-refractivity contribution in [1.82, 2.24) is 9.88 Å². The number of aromatic nitrogens is 1. The van der Waals surface area contributed by atoms with Crippen LogP contribution in [0.4, 0.5) is 0 Å². The van der Waals surface area contributed by atoms with Gasteiger partial charge >= 0.3 is 0 Å². The molecule has 0 radical (unpaired) electrons. The van der Waals surface area contributed by atoms with E-state index in [0.29, 0.717) is 11.5 Å². The van der Waals surface area contributed by atoms with E-state index in [2.05, 4.69) is 9.88 Å². The van der Waals surface area contributed by atoms with E-state index in [1.54, 1.807) is 13.8 Å². The van der Waals surface area contributed by atoms with E-state index in [1.165, 1.54) is 11.3 Å². The summed E-state index contributed by atoms with van der Waals surface area (Å²) < 4.78 is 31.4. The van der Waals surface area contributed by atoms with E-state index >= 15 is 0 Å². The fraction of sp³-hybridized carbons (Fsp3) is 0.300. The normalized spacial score (nSPS) is 11.9. The minimum Gasteiger partial charge on any atom is -0.360 e. The van der Waals surface area contributed by atoms with Crippen molar-refractivity contribution in [2.24, 2.45) is 0 Å². The van der Waals surface area contributed by atoms with Crippen molar-refractivity contribution in [3.8, 4) is 0 Å². The van der Waals surface area contributed by atoms with Gasteiger partial charge in [0.05, 0.1) is 0 Å². The highest BCUT2D eigenvalue weighted by atomic mass is 32.2. The molecular formula is C10H12N2O3S2. The Bertz CT molecular complexity index is 580. The Labute approximate surface area is 103 Å². The molecule has 0 atom stereocenters. The molecule has 0 aromatic carbocycles. The molecule has 0 bridgehead atoms. The summed E-state index contributed by atoms with van der Waals surface area (Å²) in [5, 5.41) is 5.54. The maximum absolute atomic E-state index is 12.0. The zero-order chi connectivity index (χ0) is 12.5. The molecule has 2 rings (SSSR count). The Morgan fingerprint density at radius 1 is 1.47 bits per heavy atom. The molecule has 17 heavy (non-hydrogen) atoms. The number of aryl methyl sites for hydroxylation is 2. The van der Waals surface area contributed by atoms with Crippen LogP contribution in [0.3, 0.4) is 0 Å². The Balaban J connectivity index is 2.20. The third kappa shape index (κ3) is 2.56. The van der Waals surface area contributed by atoms with Crippen LogP contribution in [0.25, 0.3) is 0 Å². The van der Waals surface area contributed by atoms with Gasteiger partial charge in [-0.2, -0.15) is 0 Å². The molecule has 7 heteroatoms. The van der Waals surface area contributed by atoms with Crippen molar-refractivity contribution in [1.29, 1.82) is 0 Å². The molecule has 92 valence electrons. The van der Waals surface area contributed by atoms with Gasteiger partial charge in [-0.05, 0) is 25.3 Å². The largest absolute Gasteiger partial charge is 0.360 e. The van der Waals surface area contributed by atoms with Gasteiger partial charge in [0.25, 0.3) is 0 Å². The third-order valence-corrected chi connectivity index (χ3v) is 4.77. The summed E-state index contributed by atoms with van der Waals surface area (Å²) in [5.74, 6) is 0.307. The number of rotatable bonds is 4. The van der Waals surface area contributed by atoms with E-state index in [9.17, 15) is 8.42 Å². The molecule has 2 aromatic rings. The lowest BCUT2D eigenvalue weighted by Crippen LogP contribution is -2.23. The number of hydrogen-bond donors (Lipinski definition) is 1. The monoisotopic (exact) mass is 272 g/mol. The molecule has 0 saturated carbocycles. The van der Waals surface area contributed by atoms with Crippen LogP contribution in [-0.2, 0) is 16.6 Å². The molecule has 0 saturated heterocycles. The van der Waals surface area contributed by atoms with Gasteiger partial charge in [-0.15, -0.1) is 11.3 Å². The molecule has 0 amide bonds. The van der Waals surface area contributed by atoms with Crippen LogP contribution in [0.15, 0.2) is 26.9 Å². The van der Waals surface area contributed by atoms with Crippen LogP contribution in [-0.4, -0.2) is 13.6 Å². The molecule has 0 aliphatic carbocycles. The Morgan fingerprint density at radius 3 is 2.76 bits per heavy atom. The van der Waals surface area contributed by atoms with Crippen LogP contribution < -0.4 is 4.72 Å². The van der Waals surface area contributed by atoms with Gasteiger partial charge in [0.15, 0.2) is 5.76 Å². The second-order valence-electron chi connectivity index (χ2n) is 3.56. The third-order valence-electron chi connectivity index (χ3n) is 2.25. The van der Waals surface area contributed by atoms with Crippen molar-refractivity contribution in [3.63, 3.8) is 0 Å². The van der Waals surface area contributed by atoms with Crippen molar-refractivity contribution >= 4 is 21.4 Å². The number of nitrogens with one attached hydrogen (secondary N) is 1. The molecule has 0 aliphatic rings. The van der Waals surface area contributed by atoms with E-state index < -0.39 is 10.0 Å². The van der Waals surface area contributed by atoms with Crippen molar-refractivity contribution in [3.05, 3.63) is 33.8 Å². The Kier molecular flexibility index (Phi) is 3.32. The molecular weight excluding hydrogens is 260 g/mol. The quantitative estimate of drug-likeness (QED) is 0.921. The van der Waals surface area contributed by atoms with Gasteiger partial charge in [0, 0.05) is 11.4 Å². The van der Waals surface area contributed by atoms with Gasteiger partial charge in [-0.3, -0.25) is 0 Å². The SMILES string of the molecule is Cc1noc(C)c1S(=O)(=O)NCc1cccs1. The first kappa shape index (κ1) is 12.3. The van der Waals surface area contributed by atoms with Gasteiger partial charge in [0.1, 0.15) is 10.6 Å². The maximum Gasteiger partial charge on any atom is 0.246 e. The summed E-state index contributed by atoms with van der Waals surface area (Å²) >= 11 is 1.50. The van der Waals surface area contributed by atoms with Crippen LogP contribution in [0, 0.1) is 13.8 Å². The second-order valence-corrected chi connectivity index (χ2v) is 6.29. The van der Waals surface area contributed by atoms with Crippen molar-refractivity contribution in [2.75, 3.05) is 0 Å². The molecule has 0 fully saturated rings. The van der Waals surface area contributed by atoms with Crippen LogP contribution >= 0.6 is 11.3 Å². The molecule has 1 N–H and O–H groups in total. The second kappa shape index (κ2) is 4.59. The number of thiophene rings is 1. The average Bonchev–Trinajstić information content (AvgIpc) is 2.86. The standard InChI is InChI=1S/C10H12N2O3S2/c1-7-10(8(2)15-12-7)17(13,14)11-6-9-4-3-5-16-9/h3-5,11H,6H2,1-2H3. The van der Waals surface area contributed by atoms with Crippen molar-refractivity contribution in [2.45, 2.75) is 25.3 Å². The van der Waals surface area contributed by atoms with Gasteiger partial charge in [-0.25, -0.2) is 13.1 Å². The summed E-state index contributed by atoms with van der Waals surface area (Å²) in [6.45, 7) is 3.47. The first-order valence-electron chi connectivity index (χ1n) is 4.95. The molecule has 2 aromatic heterocycles. The Hall–Kier alpha value is -1.18. The number of sulfonamides is 1. The lowest BCUT2D eigenvalue weighted by atomic mass is 10.4. The molecule has 0 aliphatic heterocycles. The maximum atomic E-state index is 12.0. The predicted octanol–water partition coefficient (Wildman–Crippen LogP) is 1.83. The zero-order valence-electron chi connectivity index (χ0n) is 9.43.